The topological polar surface area (TPSA) is 38.0 Å². The van der Waals surface area contributed by atoms with Crippen LogP contribution in [-0.2, 0) is 0 Å². The van der Waals surface area contributed by atoms with Crippen LogP contribution in [0.25, 0.3) is 0 Å². The van der Waals surface area contributed by atoms with Crippen molar-refractivity contribution in [3.63, 3.8) is 0 Å². The molecule has 0 saturated heterocycles. The van der Waals surface area contributed by atoms with E-state index in [1.807, 2.05) is 0 Å². The zero-order chi connectivity index (χ0) is 11.5. The van der Waals surface area contributed by atoms with Crippen molar-refractivity contribution < 1.29 is 0 Å². The molecule has 0 amide bonds. The Bertz CT molecular complexity index is 354. The van der Waals surface area contributed by atoms with Gasteiger partial charge in [-0.15, -0.1) is 0 Å². The van der Waals surface area contributed by atoms with Crippen LogP contribution in [0.4, 0.5) is 0 Å². The Labute approximate surface area is 106 Å². The van der Waals surface area contributed by atoms with Crippen molar-refractivity contribution in [3.8, 4) is 0 Å². The predicted octanol–water partition coefficient (Wildman–Crippen LogP) is 2.98. The molecule has 3 heteroatoms. The van der Waals surface area contributed by atoms with E-state index in [1.165, 1.54) is 12.0 Å². The van der Waals surface area contributed by atoms with Crippen molar-refractivity contribution >= 4 is 15.9 Å². The van der Waals surface area contributed by atoms with E-state index < -0.39 is 0 Å². The third kappa shape index (κ3) is 3.06. The maximum atomic E-state index is 5.92. The van der Waals surface area contributed by atoms with Crippen LogP contribution in [-0.4, -0.2) is 12.1 Å². The molecule has 88 valence electrons. The number of halogens is 1. The van der Waals surface area contributed by atoms with Gasteiger partial charge in [0.1, 0.15) is 0 Å². The summed E-state index contributed by atoms with van der Waals surface area (Å²) in [5.74, 6) is 0. The molecule has 1 aromatic carbocycles. The summed E-state index contributed by atoms with van der Waals surface area (Å²) in [5, 5.41) is 3.65. The van der Waals surface area contributed by atoms with Crippen LogP contribution in [0.1, 0.15) is 37.8 Å². The number of rotatable bonds is 3. The van der Waals surface area contributed by atoms with Gasteiger partial charge in [-0.25, -0.2) is 0 Å². The molecule has 2 rings (SSSR count). The quantitative estimate of drug-likeness (QED) is 0.895. The standard InChI is InChI=1S/C13H19BrN2/c1-9(10-3-2-4-11(14)7-10)16-13-6-5-12(15)8-13/h2-4,7,9,12-13,16H,5-6,8,15H2,1H3. The molecule has 3 N–H and O–H groups in total. The number of benzene rings is 1. The lowest BCUT2D eigenvalue weighted by atomic mass is 10.1. The van der Waals surface area contributed by atoms with E-state index >= 15 is 0 Å². The first kappa shape index (κ1) is 12.1. The minimum atomic E-state index is 0.396. The highest BCUT2D eigenvalue weighted by molar-refractivity contribution is 9.10. The third-order valence-electron chi connectivity index (χ3n) is 3.31. The molecule has 0 aliphatic heterocycles. The van der Waals surface area contributed by atoms with E-state index in [9.17, 15) is 0 Å². The highest BCUT2D eigenvalue weighted by Gasteiger charge is 2.22. The summed E-state index contributed by atoms with van der Waals surface area (Å²) in [5.41, 5.74) is 7.24. The molecule has 1 aromatic rings. The first-order chi connectivity index (χ1) is 7.65. The molecule has 1 fully saturated rings. The van der Waals surface area contributed by atoms with E-state index in [-0.39, 0.29) is 0 Å². The fourth-order valence-corrected chi connectivity index (χ4v) is 2.81. The van der Waals surface area contributed by atoms with Gasteiger partial charge in [-0.05, 0) is 43.9 Å². The summed E-state index contributed by atoms with van der Waals surface area (Å²) in [6.07, 6.45) is 3.47. The molecule has 3 unspecified atom stereocenters. The lowest BCUT2D eigenvalue weighted by Crippen LogP contribution is -2.30. The van der Waals surface area contributed by atoms with E-state index in [0.29, 0.717) is 18.1 Å². The van der Waals surface area contributed by atoms with Crippen molar-refractivity contribution in [2.75, 3.05) is 0 Å². The molecule has 3 atom stereocenters. The fraction of sp³-hybridized carbons (Fsp3) is 0.538. The molecule has 0 heterocycles. The molecule has 0 bridgehead atoms. The summed E-state index contributed by atoms with van der Waals surface area (Å²) in [7, 11) is 0. The fourth-order valence-electron chi connectivity index (χ4n) is 2.39. The predicted molar refractivity (Wildman–Crippen MR) is 71.3 cm³/mol. The first-order valence-electron chi connectivity index (χ1n) is 5.92. The minimum absolute atomic E-state index is 0.396. The summed E-state index contributed by atoms with van der Waals surface area (Å²) >= 11 is 3.50. The van der Waals surface area contributed by atoms with Crippen molar-refractivity contribution in [2.45, 2.75) is 44.3 Å². The van der Waals surface area contributed by atoms with E-state index in [1.54, 1.807) is 0 Å². The van der Waals surface area contributed by atoms with E-state index in [4.69, 9.17) is 5.73 Å². The van der Waals surface area contributed by atoms with Crippen LogP contribution in [0.5, 0.6) is 0 Å². The smallest absolute Gasteiger partial charge is 0.0294 e. The zero-order valence-electron chi connectivity index (χ0n) is 9.62. The van der Waals surface area contributed by atoms with Crippen LogP contribution in [0.2, 0.25) is 0 Å². The van der Waals surface area contributed by atoms with Gasteiger partial charge < -0.3 is 11.1 Å². The van der Waals surface area contributed by atoms with Crippen LogP contribution in [0, 0.1) is 0 Å². The Kier molecular flexibility index (Phi) is 4.00. The molecule has 0 spiro atoms. The summed E-state index contributed by atoms with van der Waals surface area (Å²) in [4.78, 5) is 0. The molecular weight excluding hydrogens is 264 g/mol. The largest absolute Gasteiger partial charge is 0.328 e. The third-order valence-corrected chi connectivity index (χ3v) is 3.80. The van der Waals surface area contributed by atoms with Crippen LogP contribution < -0.4 is 11.1 Å². The zero-order valence-corrected chi connectivity index (χ0v) is 11.2. The SMILES string of the molecule is CC(NC1CCC(N)C1)c1cccc(Br)c1. The second-order valence-corrected chi connectivity index (χ2v) is 5.63. The van der Waals surface area contributed by atoms with Crippen molar-refractivity contribution in [1.29, 1.82) is 0 Å². The number of hydrogen-bond donors (Lipinski definition) is 2. The van der Waals surface area contributed by atoms with Crippen LogP contribution in [0.3, 0.4) is 0 Å². The van der Waals surface area contributed by atoms with Gasteiger partial charge >= 0.3 is 0 Å². The van der Waals surface area contributed by atoms with Gasteiger partial charge in [0.25, 0.3) is 0 Å². The normalized spacial score (nSPS) is 26.9. The average molecular weight is 283 g/mol. The van der Waals surface area contributed by atoms with Crippen molar-refractivity contribution in [1.82, 2.24) is 5.32 Å². The monoisotopic (exact) mass is 282 g/mol. The Morgan fingerprint density at radius 2 is 2.25 bits per heavy atom. The molecular formula is C13H19BrN2. The lowest BCUT2D eigenvalue weighted by Gasteiger charge is -2.20. The minimum Gasteiger partial charge on any atom is -0.328 e. The molecule has 0 aromatic heterocycles. The van der Waals surface area contributed by atoms with Gasteiger partial charge in [0.15, 0.2) is 0 Å². The Morgan fingerprint density at radius 1 is 1.44 bits per heavy atom. The van der Waals surface area contributed by atoms with Gasteiger partial charge in [0.05, 0.1) is 0 Å². The second kappa shape index (κ2) is 5.30. The lowest BCUT2D eigenvalue weighted by molar-refractivity contribution is 0.457. The maximum Gasteiger partial charge on any atom is 0.0294 e. The van der Waals surface area contributed by atoms with Crippen LogP contribution >= 0.6 is 15.9 Å². The number of nitrogens with one attached hydrogen (secondary N) is 1. The molecule has 2 nitrogen and oxygen atoms in total. The Morgan fingerprint density at radius 3 is 2.88 bits per heavy atom. The highest BCUT2D eigenvalue weighted by Crippen LogP contribution is 2.23. The number of nitrogens with two attached hydrogens (primary N) is 1. The van der Waals surface area contributed by atoms with E-state index in [2.05, 4.69) is 52.4 Å². The summed E-state index contributed by atoms with van der Waals surface area (Å²) in [6, 6.07) is 9.85. The molecule has 16 heavy (non-hydrogen) atoms. The van der Waals surface area contributed by atoms with Crippen LogP contribution in [0.15, 0.2) is 28.7 Å². The van der Waals surface area contributed by atoms with Gasteiger partial charge in [-0.1, -0.05) is 28.1 Å². The van der Waals surface area contributed by atoms with E-state index in [0.717, 1.165) is 17.3 Å². The van der Waals surface area contributed by atoms with Gasteiger partial charge in [-0.3, -0.25) is 0 Å². The molecule has 1 aliphatic rings. The van der Waals surface area contributed by atoms with Crippen molar-refractivity contribution in [2.24, 2.45) is 5.73 Å². The highest BCUT2D eigenvalue weighted by atomic mass is 79.9. The second-order valence-electron chi connectivity index (χ2n) is 4.71. The molecule has 1 saturated carbocycles. The van der Waals surface area contributed by atoms with Gasteiger partial charge in [0, 0.05) is 22.6 Å². The van der Waals surface area contributed by atoms with Gasteiger partial charge in [0.2, 0.25) is 0 Å². The molecule has 0 radical (unpaired) electrons. The number of hydrogen-bond acceptors (Lipinski definition) is 2. The average Bonchev–Trinajstić information content (AvgIpc) is 2.64. The summed E-state index contributed by atoms with van der Waals surface area (Å²) in [6.45, 7) is 2.21. The van der Waals surface area contributed by atoms with Crippen molar-refractivity contribution in [3.05, 3.63) is 34.3 Å². The Balaban J connectivity index is 1.95. The Hall–Kier alpha value is -0.380. The van der Waals surface area contributed by atoms with Gasteiger partial charge in [-0.2, -0.15) is 0 Å². The maximum absolute atomic E-state index is 5.92. The summed E-state index contributed by atoms with van der Waals surface area (Å²) < 4.78 is 1.14. The first-order valence-corrected chi connectivity index (χ1v) is 6.71. The molecule has 1 aliphatic carbocycles.